The fourth-order valence-electron chi connectivity index (χ4n) is 4.89. The Bertz CT molecular complexity index is 876. The molecule has 0 amide bonds. The highest BCUT2D eigenvalue weighted by Crippen LogP contribution is 2.32. The number of aryl methyl sites for hydroxylation is 1. The van der Waals surface area contributed by atoms with Crippen molar-refractivity contribution in [3.8, 4) is 0 Å². The van der Waals surface area contributed by atoms with Gasteiger partial charge in [0.25, 0.3) is 0 Å². The van der Waals surface area contributed by atoms with Crippen LogP contribution < -0.4 is 0 Å². The predicted octanol–water partition coefficient (Wildman–Crippen LogP) is 9.55. The lowest BCUT2D eigenvalue weighted by molar-refractivity contribution is 0.491. The van der Waals surface area contributed by atoms with Gasteiger partial charge in [-0.05, 0) is 49.1 Å². The number of unbranched alkanes of at least 4 members (excludes halogenated alkanes) is 6. The highest BCUT2D eigenvalue weighted by molar-refractivity contribution is 7.15. The molecule has 0 radical (unpaired) electrons. The second kappa shape index (κ2) is 13.8. The normalized spacial score (nSPS) is 13.6. The van der Waals surface area contributed by atoms with E-state index in [0.717, 1.165) is 4.96 Å². The lowest BCUT2D eigenvalue weighted by atomic mass is 9.89. The predicted molar refractivity (Wildman–Crippen MR) is 141 cm³/mol. The molecular weight excluding hydrogens is 408 g/mol. The summed E-state index contributed by atoms with van der Waals surface area (Å²) in [6.07, 6.45) is 21.3. The average Bonchev–Trinajstić information content (AvgIpc) is 3.43. The number of rotatable bonds is 16. The summed E-state index contributed by atoms with van der Waals surface area (Å²) in [4.78, 5) is 5.61. The van der Waals surface area contributed by atoms with Crippen molar-refractivity contribution in [2.24, 2.45) is 0 Å². The van der Waals surface area contributed by atoms with Crippen molar-refractivity contribution in [2.75, 3.05) is 0 Å². The standard InChI is InChI=1S/C29H44N2S/c1-4-6-8-9-10-11-14-25-17-19-26(20-18-25)24(3)13-12-16-27(15-7-5-2)28-23-32-29-30-21-22-31(28)29/h17-24,27H,4-16H2,1-3H3. The van der Waals surface area contributed by atoms with Crippen molar-refractivity contribution in [3.63, 3.8) is 0 Å². The molecule has 2 unspecified atom stereocenters. The van der Waals surface area contributed by atoms with Crippen LogP contribution in [0.4, 0.5) is 0 Å². The molecule has 1 aromatic carbocycles. The van der Waals surface area contributed by atoms with Crippen LogP contribution in [-0.4, -0.2) is 9.38 Å². The first-order valence-corrected chi connectivity index (χ1v) is 14.1. The van der Waals surface area contributed by atoms with Crippen LogP contribution in [0.1, 0.15) is 126 Å². The van der Waals surface area contributed by atoms with Gasteiger partial charge in [-0.2, -0.15) is 0 Å². The van der Waals surface area contributed by atoms with Gasteiger partial charge in [-0.15, -0.1) is 11.3 Å². The zero-order chi connectivity index (χ0) is 22.6. The topological polar surface area (TPSA) is 17.3 Å². The molecule has 0 aliphatic heterocycles. The maximum atomic E-state index is 4.47. The minimum Gasteiger partial charge on any atom is -0.294 e. The van der Waals surface area contributed by atoms with E-state index >= 15 is 0 Å². The number of thiazole rings is 1. The Morgan fingerprint density at radius 3 is 2.34 bits per heavy atom. The van der Waals surface area contributed by atoms with Gasteiger partial charge in [-0.1, -0.05) is 96.4 Å². The van der Waals surface area contributed by atoms with Gasteiger partial charge in [0, 0.05) is 29.4 Å². The summed E-state index contributed by atoms with van der Waals surface area (Å²) in [5.74, 6) is 1.30. The first-order chi connectivity index (χ1) is 15.7. The molecule has 3 heteroatoms. The number of fused-ring (bicyclic) bond motifs is 1. The largest absolute Gasteiger partial charge is 0.294 e. The molecule has 2 heterocycles. The van der Waals surface area contributed by atoms with E-state index in [1.165, 1.54) is 100 Å². The molecule has 32 heavy (non-hydrogen) atoms. The quantitative estimate of drug-likeness (QED) is 0.198. The summed E-state index contributed by atoms with van der Waals surface area (Å²) in [5.41, 5.74) is 4.50. The molecule has 3 rings (SSSR count). The van der Waals surface area contributed by atoms with E-state index in [1.54, 1.807) is 11.3 Å². The molecule has 0 fully saturated rings. The van der Waals surface area contributed by atoms with Crippen LogP contribution in [-0.2, 0) is 6.42 Å². The fourth-order valence-corrected chi connectivity index (χ4v) is 5.82. The lowest BCUT2D eigenvalue weighted by Crippen LogP contribution is -2.04. The lowest BCUT2D eigenvalue weighted by Gasteiger charge is -2.18. The summed E-state index contributed by atoms with van der Waals surface area (Å²) in [7, 11) is 0. The smallest absolute Gasteiger partial charge is 0.193 e. The molecule has 2 aromatic heterocycles. The summed E-state index contributed by atoms with van der Waals surface area (Å²) < 4.78 is 2.32. The Morgan fingerprint density at radius 2 is 1.56 bits per heavy atom. The first kappa shape index (κ1) is 25.0. The second-order valence-electron chi connectivity index (χ2n) is 9.67. The summed E-state index contributed by atoms with van der Waals surface area (Å²) in [5, 5.41) is 2.34. The van der Waals surface area contributed by atoms with Gasteiger partial charge in [0.1, 0.15) is 0 Å². The van der Waals surface area contributed by atoms with Crippen LogP contribution in [0, 0.1) is 0 Å². The van der Waals surface area contributed by atoms with Crippen molar-refractivity contribution < 1.29 is 0 Å². The van der Waals surface area contributed by atoms with Crippen molar-refractivity contribution in [2.45, 2.75) is 116 Å². The van der Waals surface area contributed by atoms with Crippen LogP contribution in [0.25, 0.3) is 4.96 Å². The van der Waals surface area contributed by atoms with E-state index in [2.05, 4.69) is 66.0 Å². The van der Waals surface area contributed by atoms with E-state index in [1.807, 2.05) is 6.20 Å². The molecule has 0 aliphatic carbocycles. The minimum atomic E-state index is 0.639. The summed E-state index contributed by atoms with van der Waals surface area (Å²) >= 11 is 1.78. The van der Waals surface area contributed by atoms with E-state index in [0.29, 0.717) is 11.8 Å². The van der Waals surface area contributed by atoms with Crippen LogP contribution in [0.2, 0.25) is 0 Å². The molecule has 2 nitrogen and oxygen atoms in total. The zero-order valence-corrected chi connectivity index (χ0v) is 21.5. The Kier molecular flexibility index (Phi) is 10.8. The van der Waals surface area contributed by atoms with Crippen LogP contribution >= 0.6 is 11.3 Å². The third-order valence-corrected chi connectivity index (χ3v) is 7.92. The van der Waals surface area contributed by atoms with Gasteiger partial charge in [0.2, 0.25) is 0 Å². The van der Waals surface area contributed by atoms with Crippen molar-refractivity contribution in [1.82, 2.24) is 9.38 Å². The molecule has 176 valence electrons. The highest BCUT2D eigenvalue weighted by atomic mass is 32.1. The Morgan fingerprint density at radius 1 is 0.844 bits per heavy atom. The molecular formula is C29H44N2S. The van der Waals surface area contributed by atoms with E-state index in [4.69, 9.17) is 0 Å². The number of hydrogen-bond acceptors (Lipinski definition) is 2. The number of hydrogen-bond donors (Lipinski definition) is 0. The third kappa shape index (κ3) is 7.47. The Hall–Kier alpha value is -1.61. The molecule has 0 aliphatic rings. The number of aromatic nitrogens is 2. The van der Waals surface area contributed by atoms with E-state index in [-0.39, 0.29) is 0 Å². The van der Waals surface area contributed by atoms with Crippen LogP contribution in [0.5, 0.6) is 0 Å². The van der Waals surface area contributed by atoms with Crippen molar-refractivity contribution in [1.29, 1.82) is 0 Å². The van der Waals surface area contributed by atoms with Crippen molar-refractivity contribution in [3.05, 3.63) is 58.9 Å². The number of benzene rings is 1. The Balaban J connectivity index is 1.44. The van der Waals surface area contributed by atoms with Gasteiger partial charge in [0.05, 0.1) is 0 Å². The summed E-state index contributed by atoms with van der Waals surface area (Å²) in [6, 6.07) is 9.53. The SMILES string of the molecule is CCCCCCCCc1ccc(C(C)CCCC(CCCC)c2csc3nccn23)cc1. The molecule has 0 spiro atoms. The molecule has 2 atom stereocenters. The Labute approximate surface area is 200 Å². The van der Waals surface area contributed by atoms with E-state index < -0.39 is 0 Å². The second-order valence-corrected chi connectivity index (χ2v) is 10.5. The molecule has 0 saturated heterocycles. The van der Waals surface area contributed by atoms with Gasteiger partial charge < -0.3 is 0 Å². The average molecular weight is 453 g/mol. The van der Waals surface area contributed by atoms with Crippen molar-refractivity contribution >= 4 is 16.3 Å². The van der Waals surface area contributed by atoms with Crippen LogP contribution in [0.15, 0.2) is 42.0 Å². The maximum absolute atomic E-state index is 4.47. The van der Waals surface area contributed by atoms with Gasteiger partial charge >= 0.3 is 0 Å². The first-order valence-electron chi connectivity index (χ1n) is 13.2. The van der Waals surface area contributed by atoms with Gasteiger partial charge in [0.15, 0.2) is 4.96 Å². The number of imidazole rings is 1. The maximum Gasteiger partial charge on any atom is 0.193 e. The monoisotopic (exact) mass is 452 g/mol. The molecule has 3 aromatic rings. The van der Waals surface area contributed by atoms with Gasteiger partial charge in [-0.25, -0.2) is 4.98 Å². The zero-order valence-electron chi connectivity index (χ0n) is 20.7. The minimum absolute atomic E-state index is 0.639. The van der Waals surface area contributed by atoms with Crippen LogP contribution in [0.3, 0.4) is 0 Å². The third-order valence-electron chi connectivity index (χ3n) is 7.05. The molecule has 0 bridgehead atoms. The molecule has 0 saturated carbocycles. The molecule has 0 N–H and O–H groups in total. The van der Waals surface area contributed by atoms with Gasteiger partial charge in [-0.3, -0.25) is 4.40 Å². The number of nitrogens with zero attached hydrogens (tertiary/aromatic N) is 2. The fraction of sp³-hybridized carbons (Fsp3) is 0.621. The summed E-state index contributed by atoms with van der Waals surface area (Å²) in [6.45, 7) is 6.99. The highest BCUT2D eigenvalue weighted by Gasteiger charge is 2.17. The van der Waals surface area contributed by atoms with E-state index in [9.17, 15) is 0 Å².